The van der Waals surface area contributed by atoms with E-state index in [9.17, 15) is 9.59 Å². The Bertz CT molecular complexity index is 880. The van der Waals surface area contributed by atoms with Gasteiger partial charge in [-0.3, -0.25) is 14.3 Å². The lowest BCUT2D eigenvalue weighted by Crippen LogP contribution is -2.31. The predicted octanol–water partition coefficient (Wildman–Crippen LogP) is 3.56. The Morgan fingerprint density at radius 3 is 2.44 bits per heavy atom. The summed E-state index contributed by atoms with van der Waals surface area (Å²) < 4.78 is 2.58. The van der Waals surface area contributed by atoms with Crippen LogP contribution in [-0.4, -0.2) is 26.5 Å². The van der Waals surface area contributed by atoms with Gasteiger partial charge in [0, 0.05) is 22.9 Å². The van der Waals surface area contributed by atoms with Crippen LogP contribution in [0.15, 0.2) is 71.7 Å². The van der Waals surface area contributed by atoms with E-state index in [1.165, 1.54) is 6.33 Å². The van der Waals surface area contributed by atoms with Gasteiger partial charge in [-0.1, -0.05) is 58.4 Å². The van der Waals surface area contributed by atoms with Crippen LogP contribution in [0.4, 0.5) is 0 Å². The van der Waals surface area contributed by atoms with Gasteiger partial charge in [0.2, 0.25) is 5.91 Å². The number of carbonyl (C=O) groups is 2. The van der Waals surface area contributed by atoms with E-state index in [-0.39, 0.29) is 30.6 Å². The number of hydrogen-bond donors (Lipinski definition) is 1. The molecule has 27 heavy (non-hydrogen) atoms. The maximum absolute atomic E-state index is 12.4. The highest BCUT2D eigenvalue weighted by molar-refractivity contribution is 9.10. The predicted molar refractivity (Wildman–Crippen MR) is 105 cm³/mol. The number of nitrogens with zero attached hydrogens (tertiary/aromatic N) is 3. The molecule has 1 atom stereocenters. The van der Waals surface area contributed by atoms with Crippen LogP contribution in [0.1, 0.15) is 34.8 Å². The Hall–Kier alpha value is -2.80. The van der Waals surface area contributed by atoms with Crippen molar-refractivity contribution in [2.75, 3.05) is 0 Å². The normalized spacial score (nSPS) is 11.7. The topological polar surface area (TPSA) is 76.9 Å². The Balaban J connectivity index is 1.60. The summed E-state index contributed by atoms with van der Waals surface area (Å²) in [6, 6.07) is 16.6. The van der Waals surface area contributed by atoms with Crippen molar-refractivity contribution in [1.29, 1.82) is 0 Å². The van der Waals surface area contributed by atoms with Crippen molar-refractivity contribution in [3.8, 4) is 0 Å². The number of Topliss-reactive ketones (excluding diaryl/α,β-unsaturated/α-hetero) is 1. The van der Waals surface area contributed by atoms with Gasteiger partial charge in [-0.2, -0.15) is 5.10 Å². The lowest BCUT2D eigenvalue weighted by Gasteiger charge is -2.19. The molecule has 3 aromatic rings. The van der Waals surface area contributed by atoms with Crippen LogP contribution in [0.2, 0.25) is 0 Å². The zero-order valence-electron chi connectivity index (χ0n) is 14.6. The van der Waals surface area contributed by atoms with Crippen LogP contribution < -0.4 is 5.32 Å². The van der Waals surface area contributed by atoms with E-state index >= 15 is 0 Å². The maximum Gasteiger partial charge on any atom is 0.220 e. The summed E-state index contributed by atoms with van der Waals surface area (Å²) in [6.07, 6.45) is 3.37. The van der Waals surface area contributed by atoms with Gasteiger partial charge in [-0.25, -0.2) is 4.98 Å². The first-order valence-corrected chi connectivity index (χ1v) is 9.36. The minimum absolute atomic E-state index is 0.0508. The Kier molecular flexibility index (Phi) is 6.49. The number of benzene rings is 2. The number of amides is 1. The lowest BCUT2D eigenvalue weighted by atomic mass is 10.0. The fourth-order valence-electron chi connectivity index (χ4n) is 2.71. The summed E-state index contributed by atoms with van der Waals surface area (Å²) in [7, 11) is 0. The van der Waals surface area contributed by atoms with Gasteiger partial charge in [-0.05, 0) is 17.7 Å². The highest BCUT2D eigenvalue weighted by atomic mass is 79.9. The fourth-order valence-corrected chi connectivity index (χ4v) is 2.97. The monoisotopic (exact) mass is 426 g/mol. The molecule has 3 rings (SSSR count). The van der Waals surface area contributed by atoms with E-state index in [0.717, 1.165) is 10.0 Å². The number of carbonyl (C=O) groups excluding carboxylic acids is 2. The van der Waals surface area contributed by atoms with Crippen LogP contribution in [-0.2, 0) is 11.3 Å². The third-order valence-corrected chi connectivity index (χ3v) is 4.65. The fraction of sp³-hybridized carbons (Fsp3) is 0.200. The molecule has 1 amide bonds. The van der Waals surface area contributed by atoms with Crippen molar-refractivity contribution < 1.29 is 9.59 Å². The van der Waals surface area contributed by atoms with Crippen molar-refractivity contribution >= 4 is 27.6 Å². The summed E-state index contributed by atoms with van der Waals surface area (Å²) in [6.45, 7) is 0.469. The second-order valence-electron chi connectivity index (χ2n) is 6.08. The summed E-state index contributed by atoms with van der Waals surface area (Å²) in [5, 5.41) is 7.11. The van der Waals surface area contributed by atoms with Crippen LogP contribution >= 0.6 is 15.9 Å². The molecule has 7 heteroatoms. The van der Waals surface area contributed by atoms with Gasteiger partial charge in [0.05, 0.1) is 12.6 Å². The molecule has 0 radical (unpaired) electrons. The van der Waals surface area contributed by atoms with Gasteiger partial charge < -0.3 is 5.32 Å². The minimum atomic E-state index is -0.247. The maximum atomic E-state index is 12.4. The number of rotatable bonds is 8. The Morgan fingerprint density at radius 1 is 1.04 bits per heavy atom. The van der Waals surface area contributed by atoms with Gasteiger partial charge >= 0.3 is 0 Å². The van der Waals surface area contributed by atoms with Gasteiger partial charge in [0.15, 0.2) is 5.78 Å². The molecule has 2 aromatic carbocycles. The molecule has 0 bridgehead atoms. The zero-order chi connectivity index (χ0) is 19.1. The van der Waals surface area contributed by atoms with Crippen LogP contribution in [0.3, 0.4) is 0 Å². The molecule has 138 valence electrons. The first-order chi connectivity index (χ1) is 13.1. The molecule has 0 aliphatic carbocycles. The molecular formula is C20H19BrN4O2. The zero-order valence-corrected chi connectivity index (χ0v) is 16.2. The number of halogens is 1. The summed E-state index contributed by atoms with van der Waals surface area (Å²) in [5.74, 6) is -0.223. The van der Waals surface area contributed by atoms with E-state index < -0.39 is 0 Å². The lowest BCUT2D eigenvalue weighted by molar-refractivity contribution is -0.121. The molecule has 6 nitrogen and oxygen atoms in total. The summed E-state index contributed by atoms with van der Waals surface area (Å²) in [4.78, 5) is 28.6. The molecule has 0 saturated heterocycles. The SMILES string of the molecule is O=C(CCC(=O)c1ccc(Br)cc1)NC(Cn1cncn1)c1ccccc1. The largest absolute Gasteiger partial charge is 0.347 e. The Morgan fingerprint density at radius 2 is 1.78 bits per heavy atom. The third kappa shape index (κ3) is 5.59. The molecule has 1 N–H and O–H groups in total. The standard InChI is InChI=1S/C20H19BrN4O2/c21-17-8-6-16(7-9-17)19(26)10-11-20(27)24-18(12-25-14-22-13-23-25)15-4-2-1-3-5-15/h1-9,13-14,18H,10-12H2,(H,24,27). The van der Waals surface area contributed by atoms with Crippen molar-refractivity contribution in [3.63, 3.8) is 0 Å². The van der Waals surface area contributed by atoms with E-state index in [1.54, 1.807) is 23.1 Å². The van der Waals surface area contributed by atoms with E-state index in [4.69, 9.17) is 0 Å². The smallest absolute Gasteiger partial charge is 0.220 e. The summed E-state index contributed by atoms with van der Waals surface area (Å²) in [5.41, 5.74) is 1.58. The number of ketones is 1. The molecule has 0 spiro atoms. The number of hydrogen-bond acceptors (Lipinski definition) is 4. The van der Waals surface area contributed by atoms with Gasteiger partial charge in [0.1, 0.15) is 12.7 Å². The van der Waals surface area contributed by atoms with E-state index in [2.05, 4.69) is 31.3 Å². The van der Waals surface area contributed by atoms with Crippen molar-refractivity contribution in [2.24, 2.45) is 0 Å². The second-order valence-corrected chi connectivity index (χ2v) is 6.99. The molecular weight excluding hydrogens is 408 g/mol. The first kappa shape index (κ1) is 19.0. The molecule has 0 saturated carbocycles. The molecule has 1 aromatic heterocycles. The van der Waals surface area contributed by atoms with Crippen LogP contribution in [0.25, 0.3) is 0 Å². The van der Waals surface area contributed by atoms with Crippen molar-refractivity contribution in [3.05, 3.63) is 82.9 Å². The molecule has 0 fully saturated rings. The van der Waals surface area contributed by atoms with Gasteiger partial charge in [-0.15, -0.1) is 0 Å². The summed E-state index contributed by atoms with van der Waals surface area (Å²) >= 11 is 3.34. The highest BCUT2D eigenvalue weighted by Crippen LogP contribution is 2.16. The Labute approximate surface area is 165 Å². The van der Waals surface area contributed by atoms with Crippen molar-refractivity contribution in [1.82, 2.24) is 20.1 Å². The molecule has 0 aliphatic rings. The number of nitrogens with one attached hydrogen (secondary N) is 1. The second kappa shape index (κ2) is 9.23. The average Bonchev–Trinajstić information content (AvgIpc) is 3.20. The average molecular weight is 427 g/mol. The van der Waals surface area contributed by atoms with Gasteiger partial charge in [0.25, 0.3) is 0 Å². The third-order valence-electron chi connectivity index (χ3n) is 4.12. The molecule has 1 heterocycles. The molecule has 1 unspecified atom stereocenters. The first-order valence-electron chi connectivity index (χ1n) is 8.57. The minimum Gasteiger partial charge on any atom is -0.347 e. The van der Waals surface area contributed by atoms with Crippen LogP contribution in [0, 0.1) is 0 Å². The van der Waals surface area contributed by atoms with E-state index in [0.29, 0.717) is 12.1 Å². The quantitative estimate of drug-likeness (QED) is 0.558. The highest BCUT2D eigenvalue weighted by Gasteiger charge is 2.17. The van der Waals surface area contributed by atoms with E-state index in [1.807, 2.05) is 42.5 Å². The van der Waals surface area contributed by atoms with Crippen LogP contribution in [0.5, 0.6) is 0 Å². The van der Waals surface area contributed by atoms with Crippen molar-refractivity contribution in [2.45, 2.75) is 25.4 Å². The number of aromatic nitrogens is 3. The molecule has 0 aliphatic heterocycles.